The van der Waals surface area contributed by atoms with Crippen molar-refractivity contribution in [2.75, 3.05) is 24.6 Å². The summed E-state index contributed by atoms with van der Waals surface area (Å²) in [5, 5.41) is 13.1. The van der Waals surface area contributed by atoms with Crippen LogP contribution in [0.5, 0.6) is 0 Å². The van der Waals surface area contributed by atoms with Crippen LogP contribution in [-0.4, -0.2) is 48.7 Å². The summed E-state index contributed by atoms with van der Waals surface area (Å²) < 4.78 is 18.9. The van der Waals surface area contributed by atoms with Crippen LogP contribution in [0.25, 0.3) is 22.3 Å². The van der Waals surface area contributed by atoms with Crippen molar-refractivity contribution in [2.45, 2.75) is 24.8 Å². The lowest BCUT2D eigenvalue weighted by Crippen LogP contribution is -2.34. The maximum absolute atomic E-state index is 11.4. The summed E-state index contributed by atoms with van der Waals surface area (Å²) in [6, 6.07) is 6.32. The third-order valence-corrected chi connectivity index (χ3v) is 6.60. The lowest BCUT2D eigenvalue weighted by molar-refractivity contribution is 0.320. The molecule has 0 radical (unpaired) electrons. The summed E-state index contributed by atoms with van der Waals surface area (Å²) >= 11 is 0. The summed E-state index contributed by atoms with van der Waals surface area (Å²) in [6.45, 7) is 1.99. The fourth-order valence-corrected chi connectivity index (χ4v) is 4.62. The summed E-state index contributed by atoms with van der Waals surface area (Å²) in [4.78, 5) is 4.63. The summed E-state index contributed by atoms with van der Waals surface area (Å²) in [7, 11) is -0.696. The highest BCUT2D eigenvalue weighted by Gasteiger charge is 2.29. The van der Waals surface area contributed by atoms with Gasteiger partial charge >= 0.3 is 0 Å². The molecular weight excluding hydrogens is 338 g/mol. The van der Waals surface area contributed by atoms with Gasteiger partial charge in [-0.25, -0.2) is 0 Å². The van der Waals surface area contributed by atoms with E-state index in [4.69, 9.17) is 4.52 Å². The monoisotopic (exact) mass is 357 g/mol. The fraction of sp³-hybridized carbons (Fsp3) is 0.471. The molecule has 1 N–H and O–H groups in total. The lowest BCUT2D eigenvalue weighted by Gasteiger charge is -2.25. The SMILES string of the molecule is O=S1CC(n2ncc3ccc(-c4noc(C5CCNCC5)n4)cc32)C1. The Hall–Kier alpha value is -2.06. The highest BCUT2D eigenvalue weighted by molar-refractivity contribution is 7.86. The number of rotatable bonds is 3. The average Bonchev–Trinajstić information content (AvgIpc) is 3.26. The van der Waals surface area contributed by atoms with Crippen molar-refractivity contribution < 1.29 is 8.73 Å². The van der Waals surface area contributed by atoms with E-state index in [0.29, 0.717) is 23.2 Å². The van der Waals surface area contributed by atoms with Gasteiger partial charge in [-0.15, -0.1) is 0 Å². The van der Waals surface area contributed by atoms with Crippen LogP contribution in [0.15, 0.2) is 28.9 Å². The number of piperidine rings is 1. The molecule has 2 aliphatic heterocycles. The summed E-state index contributed by atoms with van der Waals surface area (Å²) in [5.41, 5.74) is 1.96. The second-order valence-corrected chi connectivity index (χ2v) is 8.32. The molecule has 7 nitrogen and oxygen atoms in total. The van der Waals surface area contributed by atoms with Gasteiger partial charge in [0.15, 0.2) is 0 Å². The third kappa shape index (κ3) is 2.69. The molecule has 2 aromatic heterocycles. The molecule has 0 unspecified atom stereocenters. The first-order chi connectivity index (χ1) is 12.3. The van der Waals surface area contributed by atoms with Gasteiger partial charge in [0.1, 0.15) is 0 Å². The van der Waals surface area contributed by atoms with E-state index in [0.717, 1.165) is 48.3 Å². The maximum atomic E-state index is 11.4. The van der Waals surface area contributed by atoms with Crippen molar-refractivity contribution in [1.29, 1.82) is 0 Å². The quantitative estimate of drug-likeness (QED) is 0.770. The number of benzene rings is 1. The molecule has 0 spiro atoms. The minimum atomic E-state index is -0.696. The number of nitrogens with one attached hydrogen (secondary N) is 1. The van der Waals surface area contributed by atoms with E-state index in [1.807, 2.05) is 23.0 Å². The van der Waals surface area contributed by atoms with Gasteiger partial charge in [-0.3, -0.25) is 8.89 Å². The van der Waals surface area contributed by atoms with Crippen LogP contribution in [0.3, 0.4) is 0 Å². The zero-order valence-corrected chi connectivity index (χ0v) is 14.5. The molecule has 0 atom stereocenters. The van der Waals surface area contributed by atoms with Crippen molar-refractivity contribution in [3.8, 4) is 11.4 Å². The molecule has 3 aromatic rings. The van der Waals surface area contributed by atoms with E-state index in [1.54, 1.807) is 0 Å². The number of aromatic nitrogens is 4. The molecule has 4 heterocycles. The van der Waals surface area contributed by atoms with E-state index in [2.05, 4.69) is 26.6 Å². The normalized spacial score (nSPS) is 24.5. The second-order valence-electron chi connectivity index (χ2n) is 6.77. The van der Waals surface area contributed by atoms with Crippen LogP contribution in [0, 0.1) is 0 Å². The van der Waals surface area contributed by atoms with E-state index in [1.165, 1.54) is 0 Å². The third-order valence-electron chi connectivity index (χ3n) is 5.09. The Morgan fingerprint density at radius 3 is 2.88 bits per heavy atom. The van der Waals surface area contributed by atoms with Gasteiger partial charge in [-0.2, -0.15) is 10.1 Å². The fourth-order valence-electron chi connectivity index (χ4n) is 3.58. The molecule has 0 saturated carbocycles. The summed E-state index contributed by atoms with van der Waals surface area (Å²) in [6.07, 6.45) is 3.93. The van der Waals surface area contributed by atoms with Gasteiger partial charge in [-0.05, 0) is 32.0 Å². The van der Waals surface area contributed by atoms with Crippen molar-refractivity contribution in [2.24, 2.45) is 0 Å². The lowest BCUT2D eigenvalue weighted by atomic mass is 9.98. The van der Waals surface area contributed by atoms with Crippen molar-refractivity contribution in [1.82, 2.24) is 25.2 Å². The molecule has 130 valence electrons. The van der Waals surface area contributed by atoms with Crippen LogP contribution in [-0.2, 0) is 10.8 Å². The van der Waals surface area contributed by atoms with Gasteiger partial charge in [0, 0.05) is 39.2 Å². The minimum absolute atomic E-state index is 0.226. The van der Waals surface area contributed by atoms with E-state index in [9.17, 15) is 4.21 Å². The van der Waals surface area contributed by atoms with Gasteiger partial charge < -0.3 is 9.84 Å². The van der Waals surface area contributed by atoms with E-state index in [-0.39, 0.29) is 6.04 Å². The predicted octanol–water partition coefficient (Wildman–Crippen LogP) is 1.86. The largest absolute Gasteiger partial charge is 0.339 e. The first kappa shape index (κ1) is 15.2. The maximum Gasteiger partial charge on any atom is 0.230 e. The zero-order chi connectivity index (χ0) is 16.8. The van der Waals surface area contributed by atoms with Gasteiger partial charge in [0.25, 0.3) is 0 Å². The Balaban J connectivity index is 1.47. The van der Waals surface area contributed by atoms with Gasteiger partial charge in [0.2, 0.25) is 11.7 Å². The number of hydrogen-bond donors (Lipinski definition) is 1. The number of hydrogen-bond acceptors (Lipinski definition) is 6. The van der Waals surface area contributed by atoms with Gasteiger partial charge in [-0.1, -0.05) is 17.3 Å². The molecule has 2 fully saturated rings. The first-order valence-electron chi connectivity index (χ1n) is 8.65. The molecule has 2 saturated heterocycles. The van der Waals surface area contributed by atoms with Crippen LogP contribution in [0.1, 0.15) is 30.7 Å². The van der Waals surface area contributed by atoms with Crippen molar-refractivity contribution in [3.05, 3.63) is 30.3 Å². The molecule has 5 rings (SSSR count). The Kier molecular flexibility index (Phi) is 3.67. The molecule has 0 aliphatic carbocycles. The molecule has 8 heteroatoms. The molecule has 1 aromatic carbocycles. The highest BCUT2D eigenvalue weighted by Crippen LogP contribution is 2.29. The van der Waals surface area contributed by atoms with Crippen molar-refractivity contribution in [3.63, 3.8) is 0 Å². The Labute approximate surface area is 147 Å². The Morgan fingerprint density at radius 2 is 2.08 bits per heavy atom. The van der Waals surface area contributed by atoms with Gasteiger partial charge in [0.05, 0.1) is 17.8 Å². The second kappa shape index (κ2) is 6.03. The molecular formula is C17H19N5O2S. The van der Waals surface area contributed by atoms with Crippen LogP contribution in [0.4, 0.5) is 0 Å². The minimum Gasteiger partial charge on any atom is -0.339 e. The Bertz CT molecular complexity index is 936. The van der Waals surface area contributed by atoms with E-state index >= 15 is 0 Å². The molecule has 0 bridgehead atoms. The standard InChI is InChI=1S/C17H19N5O2S/c23-25-9-14(10-25)22-15-7-12(1-2-13(15)8-19-22)16-20-17(24-21-16)11-3-5-18-6-4-11/h1-2,7-8,11,14,18H,3-6,9-10H2. The first-order valence-corrected chi connectivity index (χ1v) is 10.1. The highest BCUT2D eigenvalue weighted by atomic mass is 32.2. The molecule has 0 amide bonds. The zero-order valence-electron chi connectivity index (χ0n) is 13.7. The Morgan fingerprint density at radius 1 is 1.24 bits per heavy atom. The smallest absolute Gasteiger partial charge is 0.230 e. The predicted molar refractivity (Wildman–Crippen MR) is 94.8 cm³/mol. The topological polar surface area (TPSA) is 85.8 Å². The number of nitrogens with zero attached hydrogens (tertiary/aromatic N) is 4. The molecule has 2 aliphatic rings. The van der Waals surface area contributed by atoms with Crippen LogP contribution in [0.2, 0.25) is 0 Å². The van der Waals surface area contributed by atoms with Crippen molar-refractivity contribution >= 4 is 21.7 Å². The van der Waals surface area contributed by atoms with E-state index < -0.39 is 10.8 Å². The van der Waals surface area contributed by atoms with Crippen LogP contribution < -0.4 is 5.32 Å². The van der Waals surface area contributed by atoms with Crippen LogP contribution >= 0.6 is 0 Å². The number of fused-ring (bicyclic) bond motifs is 1. The molecule has 25 heavy (non-hydrogen) atoms. The average molecular weight is 357 g/mol. The summed E-state index contributed by atoms with van der Waals surface area (Å²) in [5.74, 6) is 3.08.